The lowest BCUT2D eigenvalue weighted by atomic mass is 10.1. The Morgan fingerprint density at radius 3 is 2.71 bits per heavy atom. The van der Waals surface area contributed by atoms with Crippen LogP contribution in [-0.2, 0) is 11.8 Å². The van der Waals surface area contributed by atoms with Gasteiger partial charge in [0, 0.05) is 39.9 Å². The molecule has 2 rings (SSSR count). The van der Waals surface area contributed by atoms with Crippen LogP contribution < -0.4 is 10.2 Å². The number of piperazine rings is 1. The molecule has 1 N–H and O–H groups in total. The number of carbonyl (C=O) groups is 1. The molecule has 0 aliphatic carbocycles. The number of guanidine groups is 1. The molecule has 24 heavy (non-hydrogen) atoms. The normalized spacial score (nSPS) is 15.7. The Balaban J connectivity index is 0.00000288. The van der Waals surface area contributed by atoms with Crippen molar-refractivity contribution < 1.29 is 4.79 Å². The summed E-state index contributed by atoms with van der Waals surface area (Å²) in [6.45, 7) is 7.11. The summed E-state index contributed by atoms with van der Waals surface area (Å²) in [4.78, 5) is 20.5. The minimum absolute atomic E-state index is 0. The first kappa shape index (κ1) is 20.7. The number of aromatic nitrogens is 2. The van der Waals surface area contributed by atoms with Gasteiger partial charge in [0.1, 0.15) is 6.54 Å². The summed E-state index contributed by atoms with van der Waals surface area (Å²) in [6, 6.07) is 0. The monoisotopic (exact) mass is 448 g/mol. The van der Waals surface area contributed by atoms with Gasteiger partial charge in [-0.1, -0.05) is 13.8 Å². The van der Waals surface area contributed by atoms with E-state index >= 15 is 0 Å². The zero-order valence-electron chi connectivity index (χ0n) is 15.0. The molecule has 1 aliphatic rings. The Hall–Kier alpha value is -1.32. The number of carbonyl (C=O) groups excluding carboxylic acids is 1. The van der Waals surface area contributed by atoms with Gasteiger partial charge in [-0.2, -0.15) is 5.10 Å². The Kier molecular flexibility index (Phi) is 8.51. The van der Waals surface area contributed by atoms with Gasteiger partial charge in [0.2, 0.25) is 5.91 Å². The molecule has 136 valence electrons. The van der Waals surface area contributed by atoms with E-state index in [0.29, 0.717) is 19.0 Å². The number of nitrogens with zero attached hydrogens (tertiary/aromatic N) is 5. The fourth-order valence-electron chi connectivity index (χ4n) is 2.72. The van der Waals surface area contributed by atoms with E-state index in [2.05, 4.69) is 29.3 Å². The largest absolute Gasteiger partial charge is 0.356 e. The van der Waals surface area contributed by atoms with Crippen LogP contribution in [0.1, 0.15) is 26.7 Å². The van der Waals surface area contributed by atoms with Crippen LogP contribution in [0.3, 0.4) is 0 Å². The molecule has 0 atom stereocenters. The molecule has 2 heterocycles. The number of aryl methyl sites for hydroxylation is 1. The highest BCUT2D eigenvalue weighted by molar-refractivity contribution is 14.0. The van der Waals surface area contributed by atoms with Crippen molar-refractivity contribution in [2.45, 2.75) is 26.7 Å². The molecular weight excluding hydrogens is 419 g/mol. The zero-order chi connectivity index (χ0) is 16.8. The Labute approximate surface area is 161 Å². The first-order chi connectivity index (χ1) is 11.0. The third-order valence-corrected chi connectivity index (χ3v) is 3.98. The fourth-order valence-corrected chi connectivity index (χ4v) is 2.72. The lowest BCUT2D eigenvalue weighted by molar-refractivity contribution is -0.120. The van der Waals surface area contributed by atoms with Gasteiger partial charge < -0.3 is 15.1 Å². The molecule has 0 bridgehead atoms. The van der Waals surface area contributed by atoms with E-state index in [0.717, 1.165) is 31.2 Å². The number of hydrogen-bond acceptors (Lipinski definition) is 3. The molecule has 0 aromatic carbocycles. The molecule has 1 aromatic heterocycles. The van der Waals surface area contributed by atoms with Crippen LogP contribution in [0, 0.1) is 5.92 Å². The van der Waals surface area contributed by atoms with Gasteiger partial charge in [-0.3, -0.25) is 14.5 Å². The van der Waals surface area contributed by atoms with Gasteiger partial charge in [0.15, 0.2) is 5.96 Å². The van der Waals surface area contributed by atoms with Crippen molar-refractivity contribution in [3.8, 4) is 0 Å². The summed E-state index contributed by atoms with van der Waals surface area (Å²) in [5.41, 5.74) is 0.858. The smallest absolute Gasteiger partial charge is 0.246 e. The van der Waals surface area contributed by atoms with Gasteiger partial charge in [-0.05, 0) is 18.8 Å². The quantitative estimate of drug-likeness (QED) is 0.323. The predicted molar refractivity (Wildman–Crippen MR) is 108 cm³/mol. The summed E-state index contributed by atoms with van der Waals surface area (Å²) >= 11 is 0. The first-order valence-electron chi connectivity index (χ1n) is 8.26. The molecule has 1 saturated heterocycles. The van der Waals surface area contributed by atoms with E-state index in [1.54, 1.807) is 22.8 Å². The molecule has 8 heteroatoms. The molecule has 0 saturated carbocycles. The number of nitrogens with one attached hydrogen (secondary N) is 1. The highest BCUT2D eigenvalue weighted by Crippen LogP contribution is 2.16. The van der Waals surface area contributed by atoms with E-state index in [9.17, 15) is 4.79 Å². The highest BCUT2D eigenvalue weighted by atomic mass is 127. The summed E-state index contributed by atoms with van der Waals surface area (Å²) < 4.78 is 1.71. The molecule has 1 fully saturated rings. The van der Waals surface area contributed by atoms with Crippen molar-refractivity contribution in [3.05, 3.63) is 12.4 Å². The maximum absolute atomic E-state index is 12.4. The maximum Gasteiger partial charge on any atom is 0.246 e. The number of hydrogen-bond donors (Lipinski definition) is 1. The average Bonchev–Trinajstić information content (AvgIpc) is 2.93. The molecule has 1 aromatic rings. The van der Waals surface area contributed by atoms with E-state index < -0.39 is 0 Å². The molecule has 7 nitrogen and oxygen atoms in total. The lowest BCUT2D eigenvalue weighted by Gasteiger charge is -2.35. The van der Waals surface area contributed by atoms with Crippen LogP contribution in [0.5, 0.6) is 0 Å². The van der Waals surface area contributed by atoms with E-state index in [1.807, 2.05) is 18.1 Å². The molecule has 0 spiro atoms. The fraction of sp³-hybridized carbons (Fsp3) is 0.688. The van der Waals surface area contributed by atoms with Crippen molar-refractivity contribution in [2.24, 2.45) is 18.0 Å². The zero-order valence-corrected chi connectivity index (χ0v) is 17.4. The van der Waals surface area contributed by atoms with E-state index in [1.165, 1.54) is 6.42 Å². The second-order valence-electron chi connectivity index (χ2n) is 6.35. The Bertz CT molecular complexity index is 557. The molecule has 0 radical (unpaired) electrons. The Morgan fingerprint density at radius 1 is 1.42 bits per heavy atom. The summed E-state index contributed by atoms with van der Waals surface area (Å²) in [7, 11) is 3.62. The number of rotatable bonds is 5. The number of aliphatic imine (C=N–C) groups is 1. The lowest BCUT2D eigenvalue weighted by Crippen LogP contribution is -2.55. The van der Waals surface area contributed by atoms with Crippen LogP contribution in [0.25, 0.3) is 0 Å². The number of anilines is 1. The van der Waals surface area contributed by atoms with Crippen LogP contribution in [0.4, 0.5) is 5.69 Å². The van der Waals surface area contributed by atoms with Gasteiger partial charge in [-0.15, -0.1) is 24.0 Å². The summed E-state index contributed by atoms with van der Waals surface area (Å²) in [6.07, 6.45) is 5.90. The Morgan fingerprint density at radius 2 is 2.17 bits per heavy atom. The van der Waals surface area contributed by atoms with E-state index in [4.69, 9.17) is 0 Å². The highest BCUT2D eigenvalue weighted by Gasteiger charge is 2.27. The topological polar surface area (TPSA) is 65.8 Å². The standard InChI is InChI=1S/C16H28N6O.HI/c1-13(2)6-5-7-18-16(17-3)21-8-9-22(15(23)12-21)14-10-19-20(4)11-14;/h10-11,13H,5-9,12H2,1-4H3,(H,17,18);1H. The molecule has 0 unspecified atom stereocenters. The molecule has 1 aliphatic heterocycles. The number of halogens is 1. The number of amides is 1. The van der Waals surface area contributed by atoms with Gasteiger partial charge in [0.05, 0.1) is 11.9 Å². The third kappa shape index (κ3) is 5.64. The second-order valence-corrected chi connectivity index (χ2v) is 6.35. The predicted octanol–water partition coefficient (Wildman–Crippen LogP) is 1.70. The minimum atomic E-state index is 0. The maximum atomic E-state index is 12.4. The van der Waals surface area contributed by atoms with Crippen molar-refractivity contribution in [2.75, 3.05) is 38.1 Å². The van der Waals surface area contributed by atoms with Gasteiger partial charge >= 0.3 is 0 Å². The van der Waals surface area contributed by atoms with Crippen LogP contribution in [0.15, 0.2) is 17.4 Å². The van der Waals surface area contributed by atoms with E-state index in [-0.39, 0.29) is 29.9 Å². The SMILES string of the molecule is CN=C(NCCCC(C)C)N1CCN(c2cnn(C)c2)C(=O)C1.I. The van der Waals surface area contributed by atoms with Crippen LogP contribution in [-0.4, -0.2) is 59.8 Å². The average molecular weight is 448 g/mol. The van der Waals surface area contributed by atoms with Gasteiger partial charge in [0.25, 0.3) is 0 Å². The molecule has 1 amide bonds. The summed E-state index contributed by atoms with van der Waals surface area (Å²) in [5, 5.41) is 7.50. The van der Waals surface area contributed by atoms with Crippen LogP contribution >= 0.6 is 24.0 Å². The molecular formula is C16H29IN6O. The summed E-state index contributed by atoms with van der Waals surface area (Å²) in [5.74, 6) is 1.60. The van der Waals surface area contributed by atoms with Crippen molar-refractivity contribution in [1.82, 2.24) is 20.0 Å². The first-order valence-corrected chi connectivity index (χ1v) is 8.26. The van der Waals surface area contributed by atoms with Crippen LogP contribution in [0.2, 0.25) is 0 Å². The second kappa shape index (κ2) is 9.85. The van der Waals surface area contributed by atoms with Crippen molar-refractivity contribution in [3.63, 3.8) is 0 Å². The van der Waals surface area contributed by atoms with Crippen molar-refractivity contribution in [1.29, 1.82) is 0 Å². The van der Waals surface area contributed by atoms with Crippen molar-refractivity contribution >= 4 is 41.5 Å². The van der Waals surface area contributed by atoms with Gasteiger partial charge in [-0.25, -0.2) is 0 Å². The third-order valence-electron chi connectivity index (χ3n) is 3.98. The minimum Gasteiger partial charge on any atom is -0.356 e.